The van der Waals surface area contributed by atoms with E-state index in [-0.39, 0.29) is 0 Å². The minimum atomic E-state index is 0.838. The van der Waals surface area contributed by atoms with E-state index in [4.69, 9.17) is 4.52 Å². The zero-order valence-electron chi connectivity index (χ0n) is 19.4. The molecule has 2 aromatic carbocycles. The number of hydrogen-bond donors (Lipinski definition) is 0. The third-order valence-corrected chi connectivity index (χ3v) is 6.17. The van der Waals surface area contributed by atoms with Crippen LogP contribution in [0.15, 0.2) is 58.9 Å². The zero-order chi connectivity index (χ0) is 22.3. The predicted molar refractivity (Wildman–Crippen MR) is 129 cm³/mol. The number of benzene rings is 2. The molecule has 4 aromatic rings. The van der Waals surface area contributed by atoms with Crippen LogP contribution in [0.4, 0.5) is 5.69 Å². The molecule has 0 bridgehead atoms. The molecule has 4 heteroatoms. The van der Waals surface area contributed by atoms with Crippen LogP contribution in [0.1, 0.15) is 36.4 Å². The first kappa shape index (κ1) is 20.9. The molecule has 2 heterocycles. The number of fused-ring (bicyclic) bond motifs is 1. The van der Waals surface area contributed by atoms with Crippen molar-refractivity contribution in [3.63, 3.8) is 0 Å². The summed E-state index contributed by atoms with van der Waals surface area (Å²) < 4.78 is 5.48. The molecule has 4 nitrogen and oxygen atoms in total. The summed E-state index contributed by atoms with van der Waals surface area (Å²) in [5.41, 5.74) is 11.3. The summed E-state index contributed by atoms with van der Waals surface area (Å²) in [7, 11) is 2.13. The van der Waals surface area contributed by atoms with Gasteiger partial charge in [-0.05, 0) is 88.1 Å². The molecule has 0 radical (unpaired) electrons. The highest BCUT2D eigenvalue weighted by molar-refractivity contribution is 6.01. The van der Waals surface area contributed by atoms with Crippen molar-refractivity contribution in [3.05, 3.63) is 76.9 Å². The lowest BCUT2D eigenvalue weighted by Gasteiger charge is -2.27. The van der Waals surface area contributed by atoms with Gasteiger partial charge in [-0.1, -0.05) is 23.4 Å². The van der Waals surface area contributed by atoms with Crippen LogP contribution < -0.4 is 4.90 Å². The van der Waals surface area contributed by atoms with Crippen molar-refractivity contribution in [3.8, 4) is 22.3 Å². The van der Waals surface area contributed by atoms with Gasteiger partial charge in [-0.3, -0.25) is 4.98 Å². The summed E-state index contributed by atoms with van der Waals surface area (Å²) in [6, 6.07) is 13.0. The molecule has 0 aliphatic carbocycles. The Morgan fingerprint density at radius 3 is 2.45 bits per heavy atom. The summed E-state index contributed by atoms with van der Waals surface area (Å²) in [4.78, 5) is 6.88. The van der Waals surface area contributed by atoms with E-state index in [1.165, 1.54) is 33.6 Å². The maximum absolute atomic E-state index is 5.48. The van der Waals surface area contributed by atoms with E-state index in [1.807, 2.05) is 26.1 Å². The Labute approximate surface area is 184 Å². The highest BCUT2D eigenvalue weighted by Crippen LogP contribution is 2.43. The first-order chi connectivity index (χ1) is 14.8. The van der Waals surface area contributed by atoms with Gasteiger partial charge in [0.2, 0.25) is 0 Å². The SMILES string of the molecule is CC=C(C)N(C)c1c(C)cc(-c2c(C)noc2C)cc1-c1c(C)ccc2ncccc12. The number of pyridine rings is 1. The fourth-order valence-corrected chi connectivity index (χ4v) is 4.44. The number of hydrogen-bond acceptors (Lipinski definition) is 4. The van der Waals surface area contributed by atoms with Gasteiger partial charge in [-0.2, -0.15) is 0 Å². The lowest BCUT2D eigenvalue weighted by molar-refractivity contribution is 0.393. The second-order valence-electron chi connectivity index (χ2n) is 8.21. The zero-order valence-corrected chi connectivity index (χ0v) is 19.4. The average Bonchev–Trinajstić information content (AvgIpc) is 3.10. The van der Waals surface area contributed by atoms with Gasteiger partial charge >= 0.3 is 0 Å². The van der Waals surface area contributed by atoms with Crippen LogP contribution in [-0.4, -0.2) is 17.2 Å². The minimum absolute atomic E-state index is 0.838. The summed E-state index contributed by atoms with van der Waals surface area (Å²) in [5.74, 6) is 0.838. The highest BCUT2D eigenvalue weighted by atomic mass is 16.5. The molecular weight excluding hydrogens is 382 g/mol. The van der Waals surface area contributed by atoms with Crippen molar-refractivity contribution < 1.29 is 4.52 Å². The standard InChI is InChI=1S/C27H29N3O/c1-8-18(4)30(7)27-17(3)14-21(26-19(5)29-31-20(26)6)15-23(27)25-16(2)11-12-24-22(25)10-9-13-28-24/h8-15H,1-7H3. The largest absolute Gasteiger partial charge is 0.361 e. The van der Waals surface area contributed by atoms with Crippen LogP contribution in [0, 0.1) is 27.7 Å². The van der Waals surface area contributed by atoms with E-state index in [0.717, 1.165) is 33.5 Å². The van der Waals surface area contributed by atoms with E-state index in [1.54, 1.807) is 0 Å². The topological polar surface area (TPSA) is 42.2 Å². The molecule has 31 heavy (non-hydrogen) atoms. The Morgan fingerprint density at radius 2 is 1.77 bits per heavy atom. The summed E-state index contributed by atoms with van der Waals surface area (Å²) in [5, 5.41) is 5.34. The van der Waals surface area contributed by atoms with E-state index in [0.29, 0.717) is 0 Å². The van der Waals surface area contributed by atoms with Gasteiger partial charge in [0.15, 0.2) is 0 Å². The van der Waals surface area contributed by atoms with Crippen LogP contribution in [0.5, 0.6) is 0 Å². The first-order valence-corrected chi connectivity index (χ1v) is 10.6. The number of aromatic nitrogens is 2. The quantitative estimate of drug-likeness (QED) is 0.357. The van der Waals surface area contributed by atoms with E-state index < -0.39 is 0 Å². The molecule has 2 aromatic heterocycles. The molecular formula is C27H29N3O. The average molecular weight is 412 g/mol. The Balaban J connectivity index is 2.12. The van der Waals surface area contributed by atoms with Gasteiger partial charge in [0.25, 0.3) is 0 Å². The number of rotatable bonds is 4. The number of aryl methyl sites for hydroxylation is 4. The molecule has 0 saturated carbocycles. The van der Waals surface area contributed by atoms with Crippen LogP contribution in [0.2, 0.25) is 0 Å². The monoisotopic (exact) mass is 411 g/mol. The van der Waals surface area contributed by atoms with Gasteiger partial charge < -0.3 is 9.42 Å². The van der Waals surface area contributed by atoms with Gasteiger partial charge in [-0.15, -0.1) is 0 Å². The van der Waals surface area contributed by atoms with Crippen LogP contribution in [-0.2, 0) is 0 Å². The summed E-state index contributed by atoms with van der Waals surface area (Å²) in [6.07, 6.45) is 3.99. The van der Waals surface area contributed by atoms with E-state index in [2.05, 4.69) is 86.2 Å². The molecule has 0 unspecified atom stereocenters. The van der Waals surface area contributed by atoms with E-state index in [9.17, 15) is 0 Å². The third kappa shape index (κ3) is 3.52. The third-order valence-electron chi connectivity index (χ3n) is 6.17. The fourth-order valence-electron chi connectivity index (χ4n) is 4.44. The first-order valence-electron chi connectivity index (χ1n) is 10.6. The number of nitrogens with zero attached hydrogens (tertiary/aromatic N) is 3. The van der Waals surface area contributed by atoms with Crippen molar-refractivity contribution in [2.24, 2.45) is 0 Å². The molecule has 0 amide bonds. The molecule has 0 N–H and O–H groups in total. The summed E-state index contributed by atoms with van der Waals surface area (Å²) in [6.45, 7) is 12.5. The maximum atomic E-state index is 5.48. The molecule has 0 atom stereocenters. The predicted octanol–water partition coefficient (Wildman–Crippen LogP) is 7.15. The molecule has 0 aliphatic heterocycles. The molecule has 0 fully saturated rings. The lowest BCUT2D eigenvalue weighted by Crippen LogP contribution is -2.16. The summed E-state index contributed by atoms with van der Waals surface area (Å²) >= 11 is 0. The van der Waals surface area contributed by atoms with Crippen LogP contribution >= 0.6 is 0 Å². The number of allylic oxidation sites excluding steroid dienone is 2. The normalized spacial score (nSPS) is 11.9. The van der Waals surface area contributed by atoms with Crippen molar-refractivity contribution in [1.82, 2.24) is 10.1 Å². The van der Waals surface area contributed by atoms with Gasteiger partial charge in [0.1, 0.15) is 5.76 Å². The number of anilines is 1. The second-order valence-corrected chi connectivity index (χ2v) is 8.21. The van der Waals surface area contributed by atoms with Crippen molar-refractivity contribution >= 4 is 16.6 Å². The molecule has 158 valence electrons. The Morgan fingerprint density at radius 1 is 1.00 bits per heavy atom. The van der Waals surface area contributed by atoms with Crippen LogP contribution in [0.3, 0.4) is 0 Å². The lowest BCUT2D eigenvalue weighted by atomic mass is 9.89. The fraction of sp³-hybridized carbons (Fsp3) is 0.259. The second kappa shape index (κ2) is 8.03. The van der Waals surface area contributed by atoms with Gasteiger partial charge in [-0.25, -0.2) is 0 Å². The highest BCUT2D eigenvalue weighted by Gasteiger charge is 2.21. The Bertz CT molecular complexity index is 1290. The van der Waals surface area contributed by atoms with Crippen LogP contribution in [0.25, 0.3) is 33.2 Å². The molecule has 0 aliphatic rings. The molecule has 4 rings (SSSR count). The van der Waals surface area contributed by atoms with Crippen molar-refractivity contribution in [1.29, 1.82) is 0 Å². The Hall–Kier alpha value is -3.40. The van der Waals surface area contributed by atoms with E-state index >= 15 is 0 Å². The van der Waals surface area contributed by atoms with Gasteiger partial charge in [0, 0.05) is 35.5 Å². The van der Waals surface area contributed by atoms with Crippen molar-refractivity contribution in [2.75, 3.05) is 11.9 Å². The molecule has 0 spiro atoms. The molecule has 0 saturated heterocycles. The Kier molecular flexibility index (Phi) is 5.40. The van der Waals surface area contributed by atoms with Gasteiger partial charge in [0.05, 0.1) is 16.9 Å². The smallest absolute Gasteiger partial charge is 0.141 e. The maximum Gasteiger partial charge on any atom is 0.141 e. The van der Waals surface area contributed by atoms with Crippen molar-refractivity contribution in [2.45, 2.75) is 41.5 Å². The minimum Gasteiger partial charge on any atom is -0.361 e.